The molecule has 5 heteroatoms. The Morgan fingerprint density at radius 1 is 1.21 bits per heavy atom. The fourth-order valence-corrected chi connectivity index (χ4v) is 3.94. The van der Waals surface area contributed by atoms with E-state index in [-0.39, 0.29) is 12.1 Å². The Hall–Kier alpha value is -2.14. The number of carbonyl (C=O) groups excluding carboxylic acids is 1. The number of urea groups is 1. The Morgan fingerprint density at radius 3 is 2.79 bits per heavy atom. The summed E-state index contributed by atoms with van der Waals surface area (Å²) in [4.78, 5) is 13.4. The minimum atomic E-state index is -0.102. The van der Waals surface area contributed by atoms with Gasteiger partial charge in [-0.05, 0) is 42.2 Å². The van der Waals surface area contributed by atoms with Gasteiger partial charge in [-0.25, -0.2) is 4.79 Å². The molecule has 4 nitrogen and oxygen atoms in total. The number of carbonyl (C=O) groups is 1. The predicted molar refractivity (Wildman–Crippen MR) is 97.8 cm³/mol. The van der Waals surface area contributed by atoms with Gasteiger partial charge < -0.3 is 15.4 Å². The van der Waals surface area contributed by atoms with E-state index in [2.05, 4.69) is 22.8 Å². The quantitative estimate of drug-likeness (QED) is 0.869. The molecule has 126 valence electrons. The molecule has 3 rings (SSSR count). The summed E-state index contributed by atoms with van der Waals surface area (Å²) < 4.78 is 5.14. The number of ether oxygens (including phenoxy) is 1. The third kappa shape index (κ3) is 4.23. The first-order chi connectivity index (χ1) is 11.8. The third-order valence-electron chi connectivity index (χ3n) is 4.12. The van der Waals surface area contributed by atoms with Crippen LogP contribution < -0.4 is 15.4 Å². The lowest BCUT2D eigenvalue weighted by Crippen LogP contribution is -2.39. The third-order valence-corrected chi connectivity index (χ3v) is 5.24. The number of hydrogen-bond acceptors (Lipinski definition) is 3. The fourth-order valence-electron chi connectivity index (χ4n) is 2.81. The summed E-state index contributed by atoms with van der Waals surface area (Å²) in [6.45, 7) is 0.612. The van der Waals surface area contributed by atoms with Gasteiger partial charge in [-0.3, -0.25) is 0 Å². The summed E-state index contributed by atoms with van der Waals surface area (Å²) in [6, 6.07) is 16.2. The van der Waals surface area contributed by atoms with Crippen LogP contribution in [-0.4, -0.2) is 25.4 Å². The summed E-state index contributed by atoms with van der Waals surface area (Å²) in [5.74, 6) is 1.88. The molecule has 2 N–H and O–H groups in total. The maximum Gasteiger partial charge on any atom is 0.315 e. The Kier molecular flexibility index (Phi) is 5.64. The van der Waals surface area contributed by atoms with E-state index in [4.69, 9.17) is 4.74 Å². The van der Waals surface area contributed by atoms with Crippen LogP contribution in [0.15, 0.2) is 53.4 Å². The first kappa shape index (κ1) is 16.7. The van der Waals surface area contributed by atoms with Crippen LogP contribution in [0.2, 0.25) is 0 Å². The number of benzene rings is 2. The highest BCUT2D eigenvalue weighted by molar-refractivity contribution is 7.99. The van der Waals surface area contributed by atoms with Gasteiger partial charge in [-0.2, -0.15) is 0 Å². The molecular weight excluding hydrogens is 320 g/mol. The molecule has 0 spiro atoms. The van der Waals surface area contributed by atoms with Crippen molar-refractivity contribution in [1.82, 2.24) is 10.6 Å². The van der Waals surface area contributed by atoms with Crippen molar-refractivity contribution >= 4 is 17.8 Å². The molecule has 0 aromatic heterocycles. The zero-order chi connectivity index (χ0) is 16.8. The molecule has 24 heavy (non-hydrogen) atoms. The zero-order valence-corrected chi connectivity index (χ0v) is 14.6. The highest BCUT2D eigenvalue weighted by Crippen LogP contribution is 2.35. The summed E-state index contributed by atoms with van der Waals surface area (Å²) in [5.41, 5.74) is 2.40. The Balaban J connectivity index is 1.48. The minimum Gasteiger partial charge on any atom is -0.497 e. The number of rotatable bonds is 5. The van der Waals surface area contributed by atoms with Gasteiger partial charge in [0.05, 0.1) is 13.2 Å². The van der Waals surface area contributed by atoms with Crippen LogP contribution in [0, 0.1) is 0 Å². The molecule has 0 aliphatic carbocycles. The van der Waals surface area contributed by atoms with E-state index in [0.717, 1.165) is 24.3 Å². The molecule has 0 radical (unpaired) electrons. The monoisotopic (exact) mass is 342 g/mol. The van der Waals surface area contributed by atoms with Crippen LogP contribution in [-0.2, 0) is 6.42 Å². The van der Waals surface area contributed by atoms with Crippen molar-refractivity contribution in [2.24, 2.45) is 0 Å². The van der Waals surface area contributed by atoms with Gasteiger partial charge in [0, 0.05) is 17.2 Å². The molecule has 0 saturated carbocycles. The Labute approximate surface area is 147 Å². The van der Waals surface area contributed by atoms with Crippen LogP contribution in [0.4, 0.5) is 4.79 Å². The second-order valence-electron chi connectivity index (χ2n) is 5.73. The maximum atomic E-state index is 12.2. The van der Waals surface area contributed by atoms with E-state index in [1.165, 1.54) is 16.0 Å². The molecule has 1 atom stereocenters. The van der Waals surface area contributed by atoms with Crippen molar-refractivity contribution in [3.05, 3.63) is 59.7 Å². The van der Waals surface area contributed by atoms with Gasteiger partial charge in [0.15, 0.2) is 0 Å². The zero-order valence-electron chi connectivity index (χ0n) is 13.7. The van der Waals surface area contributed by atoms with Crippen LogP contribution in [0.25, 0.3) is 0 Å². The molecule has 1 heterocycles. The van der Waals surface area contributed by atoms with Crippen LogP contribution in [0.1, 0.15) is 23.6 Å². The Morgan fingerprint density at radius 2 is 2.00 bits per heavy atom. The standard InChI is InChI=1S/C19H22N2O2S/c1-23-15-8-6-14(7-9-15)10-12-20-19(22)21-17-11-13-24-18-5-3-2-4-16(17)18/h2-9,17H,10-13H2,1H3,(H2,20,21,22)/t17-/m0/s1. The second kappa shape index (κ2) is 8.11. The molecular formula is C19H22N2O2S. The molecule has 2 amide bonds. The lowest BCUT2D eigenvalue weighted by Gasteiger charge is -2.25. The van der Waals surface area contributed by atoms with Crippen LogP contribution >= 0.6 is 11.8 Å². The lowest BCUT2D eigenvalue weighted by atomic mass is 10.0. The molecule has 0 unspecified atom stereocenters. The maximum absolute atomic E-state index is 12.2. The van der Waals surface area contributed by atoms with Crippen molar-refractivity contribution < 1.29 is 9.53 Å². The number of hydrogen-bond donors (Lipinski definition) is 2. The number of methoxy groups -OCH3 is 1. The summed E-state index contributed by atoms with van der Waals surface area (Å²) in [6.07, 6.45) is 1.77. The van der Waals surface area contributed by atoms with Gasteiger partial charge in [0.1, 0.15) is 5.75 Å². The normalized spacial score (nSPS) is 16.1. The van der Waals surface area contributed by atoms with E-state index < -0.39 is 0 Å². The summed E-state index contributed by atoms with van der Waals surface area (Å²) >= 11 is 1.86. The number of thioether (sulfide) groups is 1. The van der Waals surface area contributed by atoms with E-state index in [1.54, 1.807) is 7.11 Å². The second-order valence-corrected chi connectivity index (χ2v) is 6.86. The topological polar surface area (TPSA) is 50.4 Å². The largest absolute Gasteiger partial charge is 0.497 e. The summed E-state index contributed by atoms with van der Waals surface area (Å²) in [5, 5.41) is 6.05. The first-order valence-electron chi connectivity index (χ1n) is 8.15. The van der Waals surface area contributed by atoms with E-state index in [1.807, 2.05) is 48.2 Å². The van der Waals surface area contributed by atoms with Gasteiger partial charge in [-0.1, -0.05) is 30.3 Å². The molecule has 2 aromatic rings. The number of amides is 2. The van der Waals surface area contributed by atoms with Crippen LogP contribution in [0.3, 0.4) is 0 Å². The van der Waals surface area contributed by atoms with Gasteiger partial charge >= 0.3 is 6.03 Å². The fraction of sp³-hybridized carbons (Fsp3) is 0.316. The molecule has 1 aliphatic rings. The average Bonchev–Trinajstić information content (AvgIpc) is 2.63. The van der Waals surface area contributed by atoms with Crippen molar-refractivity contribution in [1.29, 1.82) is 0 Å². The SMILES string of the molecule is COc1ccc(CCNC(=O)N[C@H]2CCSc3ccccc32)cc1. The van der Waals surface area contributed by atoms with Gasteiger partial charge in [0.25, 0.3) is 0 Å². The van der Waals surface area contributed by atoms with Crippen molar-refractivity contribution in [3.8, 4) is 5.75 Å². The minimum absolute atomic E-state index is 0.100. The van der Waals surface area contributed by atoms with Crippen molar-refractivity contribution in [2.75, 3.05) is 19.4 Å². The lowest BCUT2D eigenvalue weighted by molar-refractivity contribution is 0.236. The van der Waals surface area contributed by atoms with Crippen molar-refractivity contribution in [3.63, 3.8) is 0 Å². The smallest absolute Gasteiger partial charge is 0.315 e. The number of nitrogens with one attached hydrogen (secondary N) is 2. The Bertz CT molecular complexity index is 688. The van der Waals surface area contributed by atoms with E-state index in [9.17, 15) is 4.79 Å². The van der Waals surface area contributed by atoms with Gasteiger partial charge in [0.2, 0.25) is 0 Å². The molecule has 0 saturated heterocycles. The predicted octanol–water partition coefficient (Wildman–Crippen LogP) is 3.77. The highest BCUT2D eigenvalue weighted by Gasteiger charge is 2.21. The van der Waals surface area contributed by atoms with Crippen molar-refractivity contribution in [2.45, 2.75) is 23.8 Å². The van der Waals surface area contributed by atoms with Gasteiger partial charge in [-0.15, -0.1) is 11.8 Å². The molecule has 0 fully saturated rings. The molecule has 0 bridgehead atoms. The molecule has 2 aromatic carbocycles. The average molecular weight is 342 g/mol. The first-order valence-corrected chi connectivity index (χ1v) is 9.14. The molecule has 1 aliphatic heterocycles. The van der Waals surface area contributed by atoms with E-state index >= 15 is 0 Å². The number of fused-ring (bicyclic) bond motifs is 1. The van der Waals surface area contributed by atoms with Crippen LogP contribution in [0.5, 0.6) is 5.75 Å². The van der Waals surface area contributed by atoms with E-state index in [0.29, 0.717) is 6.54 Å². The highest BCUT2D eigenvalue weighted by atomic mass is 32.2. The summed E-state index contributed by atoms with van der Waals surface area (Å²) in [7, 11) is 1.66.